The minimum Gasteiger partial charge on any atom is -0.486 e. The average molecular weight is 418 g/mol. The standard InChI is InChI=1S/C25H27N3O3/c1-3-27(15-18-16-30-22-13-6-7-14-23(22)31-18)25(29)24-19-10-8-12-21(19)28(26-24)20-11-5-4-9-17(20)2/h4-7,9,11,13-14,18H,3,8,10,12,15-16H2,1-2H3. The van der Waals surface area contributed by atoms with E-state index in [1.54, 1.807) is 0 Å². The van der Waals surface area contributed by atoms with Gasteiger partial charge in [0.25, 0.3) is 5.91 Å². The van der Waals surface area contributed by atoms with Crippen molar-refractivity contribution >= 4 is 5.91 Å². The molecule has 0 saturated heterocycles. The summed E-state index contributed by atoms with van der Waals surface area (Å²) in [5.41, 5.74) is 5.04. The molecule has 5 rings (SSSR count). The number of nitrogens with zero attached hydrogens (tertiary/aromatic N) is 3. The molecule has 1 unspecified atom stereocenters. The van der Waals surface area contributed by atoms with Crippen molar-refractivity contribution in [2.24, 2.45) is 0 Å². The molecule has 6 heteroatoms. The summed E-state index contributed by atoms with van der Waals surface area (Å²) in [5, 5.41) is 4.81. The maximum Gasteiger partial charge on any atom is 0.274 e. The Labute approximate surface area is 182 Å². The van der Waals surface area contributed by atoms with Crippen molar-refractivity contribution in [2.75, 3.05) is 19.7 Å². The molecule has 0 saturated carbocycles. The van der Waals surface area contributed by atoms with Gasteiger partial charge in [-0.25, -0.2) is 4.68 Å². The van der Waals surface area contributed by atoms with E-state index in [0.29, 0.717) is 25.4 Å². The van der Waals surface area contributed by atoms with Crippen LogP contribution in [0.2, 0.25) is 0 Å². The zero-order chi connectivity index (χ0) is 21.4. The number of hydrogen-bond donors (Lipinski definition) is 0. The van der Waals surface area contributed by atoms with Gasteiger partial charge in [-0.3, -0.25) is 4.79 Å². The topological polar surface area (TPSA) is 56.6 Å². The quantitative estimate of drug-likeness (QED) is 0.630. The molecule has 31 heavy (non-hydrogen) atoms. The molecule has 1 amide bonds. The highest BCUT2D eigenvalue weighted by atomic mass is 16.6. The zero-order valence-corrected chi connectivity index (χ0v) is 18.0. The molecule has 3 aromatic rings. The van der Waals surface area contributed by atoms with Gasteiger partial charge in [0, 0.05) is 17.8 Å². The third kappa shape index (κ3) is 3.56. The van der Waals surface area contributed by atoms with Crippen molar-refractivity contribution in [1.82, 2.24) is 14.7 Å². The van der Waals surface area contributed by atoms with E-state index >= 15 is 0 Å². The Kier molecular flexibility index (Phi) is 5.14. The fraction of sp³-hybridized carbons (Fsp3) is 0.360. The molecule has 0 spiro atoms. The van der Waals surface area contributed by atoms with Crippen molar-refractivity contribution in [3.8, 4) is 17.2 Å². The van der Waals surface area contributed by atoms with Crippen molar-refractivity contribution < 1.29 is 14.3 Å². The highest BCUT2D eigenvalue weighted by Gasteiger charge is 2.31. The summed E-state index contributed by atoms with van der Waals surface area (Å²) < 4.78 is 13.9. The van der Waals surface area contributed by atoms with Gasteiger partial charge >= 0.3 is 0 Å². The summed E-state index contributed by atoms with van der Waals surface area (Å²) in [4.78, 5) is 15.4. The largest absolute Gasteiger partial charge is 0.486 e. The second-order valence-corrected chi connectivity index (χ2v) is 8.17. The lowest BCUT2D eigenvalue weighted by molar-refractivity contribution is 0.0470. The van der Waals surface area contributed by atoms with Crippen LogP contribution in [0.15, 0.2) is 48.5 Å². The molecule has 1 aromatic heterocycles. The summed E-state index contributed by atoms with van der Waals surface area (Å²) in [6.07, 6.45) is 2.70. The number of carbonyl (C=O) groups is 1. The van der Waals surface area contributed by atoms with Crippen molar-refractivity contribution in [2.45, 2.75) is 39.2 Å². The Hall–Kier alpha value is -3.28. The molecule has 6 nitrogen and oxygen atoms in total. The number of fused-ring (bicyclic) bond motifs is 2. The lowest BCUT2D eigenvalue weighted by Crippen LogP contribution is -2.44. The number of para-hydroxylation sites is 3. The van der Waals surface area contributed by atoms with E-state index in [2.05, 4.69) is 19.1 Å². The van der Waals surface area contributed by atoms with Gasteiger partial charge in [-0.2, -0.15) is 5.10 Å². The first kappa shape index (κ1) is 19.7. The number of benzene rings is 2. The predicted molar refractivity (Wildman–Crippen MR) is 118 cm³/mol. The van der Waals surface area contributed by atoms with Crippen LogP contribution in [0.25, 0.3) is 5.69 Å². The molecule has 1 aliphatic heterocycles. The fourth-order valence-corrected chi connectivity index (χ4v) is 4.51. The van der Waals surface area contributed by atoms with E-state index < -0.39 is 0 Å². The van der Waals surface area contributed by atoms with Gasteiger partial charge in [-0.1, -0.05) is 30.3 Å². The van der Waals surface area contributed by atoms with Crippen LogP contribution in [0.4, 0.5) is 0 Å². The van der Waals surface area contributed by atoms with Gasteiger partial charge in [0.15, 0.2) is 23.3 Å². The number of rotatable bonds is 5. The van der Waals surface area contributed by atoms with Crippen LogP contribution in [0, 0.1) is 6.92 Å². The summed E-state index contributed by atoms with van der Waals surface area (Å²) in [6, 6.07) is 15.8. The summed E-state index contributed by atoms with van der Waals surface area (Å²) in [7, 11) is 0. The van der Waals surface area contributed by atoms with Crippen molar-refractivity contribution in [3.05, 3.63) is 71.0 Å². The Bertz CT molecular complexity index is 1120. The predicted octanol–water partition coefficient (Wildman–Crippen LogP) is 3.97. The number of likely N-dealkylation sites (N-methyl/N-ethyl adjacent to an activating group) is 1. The fourth-order valence-electron chi connectivity index (χ4n) is 4.51. The summed E-state index contributed by atoms with van der Waals surface area (Å²) >= 11 is 0. The maximum atomic E-state index is 13.5. The van der Waals surface area contributed by atoms with E-state index in [1.807, 2.05) is 52.9 Å². The smallest absolute Gasteiger partial charge is 0.274 e. The zero-order valence-electron chi connectivity index (χ0n) is 18.0. The minimum atomic E-state index is -0.203. The molecule has 0 N–H and O–H groups in total. The van der Waals surface area contributed by atoms with Crippen LogP contribution in [-0.2, 0) is 12.8 Å². The number of aryl methyl sites for hydroxylation is 1. The van der Waals surface area contributed by atoms with Gasteiger partial charge in [0.1, 0.15) is 6.61 Å². The summed E-state index contributed by atoms with van der Waals surface area (Å²) in [6.45, 7) is 5.56. The Morgan fingerprint density at radius 2 is 1.90 bits per heavy atom. The van der Waals surface area contributed by atoms with Crippen LogP contribution < -0.4 is 9.47 Å². The maximum absolute atomic E-state index is 13.5. The number of ether oxygens (including phenoxy) is 2. The first-order chi connectivity index (χ1) is 15.2. The number of aromatic nitrogens is 2. The SMILES string of the molecule is CCN(CC1COc2ccccc2O1)C(=O)c1nn(-c2ccccc2C)c2c1CCC2. The van der Waals surface area contributed by atoms with Crippen molar-refractivity contribution in [1.29, 1.82) is 0 Å². The first-order valence-corrected chi connectivity index (χ1v) is 11.0. The van der Waals surface area contributed by atoms with E-state index in [-0.39, 0.29) is 12.0 Å². The molecule has 1 atom stereocenters. The van der Waals surface area contributed by atoms with Gasteiger partial charge < -0.3 is 14.4 Å². The Balaban J connectivity index is 1.40. The van der Waals surface area contributed by atoms with Crippen LogP contribution in [0.1, 0.15) is 40.7 Å². The third-order valence-electron chi connectivity index (χ3n) is 6.14. The van der Waals surface area contributed by atoms with Gasteiger partial charge in [-0.15, -0.1) is 0 Å². The number of carbonyl (C=O) groups excluding carboxylic acids is 1. The van der Waals surface area contributed by atoms with Crippen LogP contribution in [-0.4, -0.2) is 46.4 Å². The second-order valence-electron chi connectivity index (χ2n) is 8.17. The lowest BCUT2D eigenvalue weighted by Gasteiger charge is -2.30. The van der Waals surface area contributed by atoms with Gasteiger partial charge in [0.05, 0.1) is 12.2 Å². The lowest BCUT2D eigenvalue weighted by atomic mass is 10.1. The first-order valence-electron chi connectivity index (χ1n) is 11.0. The van der Waals surface area contributed by atoms with Gasteiger partial charge in [0.2, 0.25) is 0 Å². The number of hydrogen-bond acceptors (Lipinski definition) is 4. The van der Waals surface area contributed by atoms with Crippen LogP contribution >= 0.6 is 0 Å². The Morgan fingerprint density at radius 1 is 1.13 bits per heavy atom. The molecule has 0 bridgehead atoms. The molecule has 160 valence electrons. The molecule has 2 aromatic carbocycles. The molecule has 2 heterocycles. The van der Waals surface area contributed by atoms with Gasteiger partial charge in [-0.05, 0) is 56.9 Å². The van der Waals surface area contributed by atoms with E-state index in [4.69, 9.17) is 14.6 Å². The monoisotopic (exact) mass is 417 g/mol. The van der Waals surface area contributed by atoms with Crippen LogP contribution in [0.3, 0.4) is 0 Å². The minimum absolute atomic E-state index is 0.0320. The highest BCUT2D eigenvalue weighted by Crippen LogP contribution is 2.32. The number of amides is 1. The summed E-state index contributed by atoms with van der Waals surface area (Å²) in [5.74, 6) is 1.45. The molecular weight excluding hydrogens is 390 g/mol. The van der Waals surface area contributed by atoms with Crippen LogP contribution in [0.5, 0.6) is 11.5 Å². The van der Waals surface area contributed by atoms with E-state index in [1.165, 1.54) is 5.69 Å². The second kappa shape index (κ2) is 8.10. The highest BCUT2D eigenvalue weighted by molar-refractivity contribution is 5.94. The van der Waals surface area contributed by atoms with Crippen molar-refractivity contribution in [3.63, 3.8) is 0 Å². The molecular formula is C25H27N3O3. The Morgan fingerprint density at radius 3 is 2.71 bits per heavy atom. The molecule has 2 aliphatic rings. The average Bonchev–Trinajstić information content (AvgIpc) is 3.40. The van der Waals surface area contributed by atoms with E-state index in [0.717, 1.165) is 47.6 Å². The molecule has 0 radical (unpaired) electrons. The van der Waals surface area contributed by atoms with E-state index in [9.17, 15) is 4.79 Å². The normalized spacial score (nSPS) is 16.8. The molecule has 0 fully saturated rings. The molecule has 1 aliphatic carbocycles. The third-order valence-corrected chi connectivity index (χ3v) is 6.14.